The molecule has 3 rings (SSSR count). The van der Waals surface area contributed by atoms with E-state index in [1.807, 2.05) is 0 Å². The second kappa shape index (κ2) is 4.95. The summed E-state index contributed by atoms with van der Waals surface area (Å²) in [5.74, 6) is 0.463. The van der Waals surface area contributed by atoms with Crippen molar-refractivity contribution in [1.82, 2.24) is 5.32 Å². The molecule has 0 amide bonds. The molecule has 0 saturated heterocycles. The summed E-state index contributed by atoms with van der Waals surface area (Å²) in [6.45, 7) is 3.36. The van der Waals surface area contributed by atoms with Crippen LogP contribution in [0.25, 0.3) is 0 Å². The van der Waals surface area contributed by atoms with E-state index in [2.05, 4.69) is 66.8 Å². The van der Waals surface area contributed by atoms with Gasteiger partial charge in [-0.25, -0.2) is 0 Å². The molecular weight excluding hydrogens is 218 g/mol. The number of nitrogens with one attached hydrogen (secondary N) is 1. The molecule has 2 atom stereocenters. The monoisotopic (exact) mass is 237 g/mol. The van der Waals surface area contributed by atoms with Crippen LogP contribution in [0, 0.1) is 0 Å². The second-order valence-corrected chi connectivity index (χ2v) is 5.08. The molecule has 2 aromatic carbocycles. The Kier molecular flexibility index (Phi) is 3.16. The first-order valence-electron chi connectivity index (χ1n) is 6.72. The van der Waals surface area contributed by atoms with Gasteiger partial charge in [0.1, 0.15) is 0 Å². The predicted octanol–water partition coefficient (Wildman–Crippen LogP) is 3.35. The molecule has 92 valence electrons. The van der Waals surface area contributed by atoms with Crippen molar-refractivity contribution in [2.45, 2.75) is 25.3 Å². The maximum atomic E-state index is 3.64. The van der Waals surface area contributed by atoms with Crippen LogP contribution in [0.4, 0.5) is 0 Å². The Hall–Kier alpha value is -1.60. The van der Waals surface area contributed by atoms with Gasteiger partial charge in [0.05, 0.1) is 0 Å². The zero-order chi connectivity index (χ0) is 12.4. The maximum Gasteiger partial charge on any atom is 0.0243 e. The van der Waals surface area contributed by atoms with Gasteiger partial charge in [0, 0.05) is 12.0 Å². The highest BCUT2D eigenvalue weighted by Gasteiger charge is 2.25. The third-order valence-electron chi connectivity index (χ3n) is 3.91. The Bertz CT molecular complexity index is 518. The Morgan fingerprint density at radius 3 is 2.50 bits per heavy atom. The van der Waals surface area contributed by atoms with Gasteiger partial charge in [0.15, 0.2) is 0 Å². The maximum absolute atomic E-state index is 3.64. The van der Waals surface area contributed by atoms with Crippen LogP contribution in [0.2, 0.25) is 0 Å². The molecule has 0 aromatic heterocycles. The van der Waals surface area contributed by atoms with Gasteiger partial charge < -0.3 is 5.32 Å². The molecule has 1 nitrogen and oxygen atoms in total. The Morgan fingerprint density at radius 1 is 0.944 bits per heavy atom. The predicted molar refractivity (Wildman–Crippen MR) is 75.9 cm³/mol. The van der Waals surface area contributed by atoms with Gasteiger partial charge in [-0.2, -0.15) is 0 Å². The lowest BCUT2D eigenvalue weighted by Crippen LogP contribution is -2.31. The van der Waals surface area contributed by atoms with Gasteiger partial charge in [-0.05, 0) is 36.6 Å². The SMILES string of the molecule is C[C@H]1NCCc2ccccc2[C@@H]1c1ccccc1. The van der Waals surface area contributed by atoms with Crippen molar-refractivity contribution in [1.29, 1.82) is 0 Å². The van der Waals surface area contributed by atoms with Crippen LogP contribution >= 0.6 is 0 Å². The lowest BCUT2D eigenvalue weighted by molar-refractivity contribution is 0.521. The molecule has 1 N–H and O–H groups in total. The highest BCUT2D eigenvalue weighted by molar-refractivity contribution is 5.40. The van der Waals surface area contributed by atoms with E-state index in [-0.39, 0.29) is 0 Å². The van der Waals surface area contributed by atoms with E-state index >= 15 is 0 Å². The summed E-state index contributed by atoms with van der Waals surface area (Å²) >= 11 is 0. The lowest BCUT2D eigenvalue weighted by atomic mass is 9.84. The van der Waals surface area contributed by atoms with Gasteiger partial charge >= 0.3 is 0 Å². The van der Waals surface area contributed by atoms with Crippen molar-refractivity contribution in [2.75, 3.05) is 6.54 Å². The zero-order valence-corrected chi connectivity index (χ0v) is 10.8. The minimum Gasteiger partial charge on any atom is -0.313 e. The van der Waals surface area contributed by atoms with Gasteiger partial charge in [0.25, 0.3) is 0 Å². The summed E-state index contributed by atoms with van der Waals surface area (Å²) in [5.41, 5.74) is 4.39. The van der Waals surface area contributed by atoms with Crippen LogP contribution in [0.1, 0.15) is 29.5 Å². The normalized spacial score (nSPS) is 23.2. The van der Waals surface area contributed by atoms with Crippen LogP contribution < -0.4 is 5.32 Å². The van der Waals surface area contributed by atoms with E-state index in [0.29, 0.717) is 12.0 Å². The minimum absolute atomic E-state index is 0.463. The Balaban J connectivity index is 2.11. The lowest BCUT2D eigenvalue weighted by Gasteiger charge is -2.24. The summed E-state index contributed by atoms with van der Waals surface area (Å²) in [5, 5.41) is 3.64. The summed E-state index contributed by atoms with van der Waals surface area (Å²) in [4.78, 5) is 0. The van der Waals surface area contributed by atoms with Crippen molar-refractivity contribution < 1.29 is 0 Å². The number of rotatable bonds is 1. The first-order valence-corrected chi connectivity index (χ1v) is 6.72. The highest BCUT2D eigenvalue weighted by Crippen LogP contribution is 2.32. The van der Waals surface area contributed by atoms with E-state index in [1.54, 1.807) is 0 Å². The van der Waals surface area contributed by atoms with Gasteiger partial charge in [-0.1, -0.05) is 54.6 Å². The molecular formula is C17H19N. The first-order chi connectivity index (χ1) is 8.86. The molecule has 1 heteroatoms. The molecule has 0 aliphatic carbocycles. The molecule has 0 spiro atoms. The standard InChI is InChI=1S/C17H19N/c1-13-17(15-8-3-2-4-9-15)16-10-6-5-7-14(16)11-12-18-13/h2-10,13,17-18H,11-12H2,1H3/t13-,17+/m1/s1. The average Bonchev–Trinajstić information content (AvgIpc) is 2.58. The number of hydrogen-bond donors (Lipinski definition) is 1. The van der Waals surface area contributed by atoms with Crippen LogP contribution in [0.15, 0.2) is 54.6 Å². The molecule has 18 heavy (non-hydrogen) atoms. The average molecular weight is 237 g/mol. The van der Waals surface area contributed by atoms with Gasteiger partial charge in [-0.3, -0.25) is 0 Å². The fourth-order valence-corrected chi connectivity index (χ4v) is 3.02. The van der Waals surface area contributed by atoms with Crippen LogP contribution in [0.5, 0.6) is 0 Å². The summed E-state index contributed by atoms with van der Waals surface area (Å²) in [6.07, 6.45) is 1.13. The van der Waals surface area contributed by atoms with E-state index in [0.717, 1.165) is 13.0 Å². The van der Waals surface area contributed by atoms with E-state index < -0.39 is 0 Å². The molecule has 1 heterocycles. The number of benzene rings is 2. The summed E-state index contributed by atoms with van der Waals surface area (Å²) in [7, 11) is 0. The third kappa shape index (κ3) is 2.06. The van der Waals surface area contributed by atoms with Crippen molar-refractivity contribution in [2.24, 2.45) is 0 Å². The molecule has 0 bridgehead atoms. The van der Waals surface area contributed by atoms with Crippen molar-refractivity contribution in [3.05, 3.63) is 71.3 Å². The van der Waals surface area contributed by atoms with Gasteiger partial charge in [0.2, 0.25) is 0 Å². The molecule has 0 unspecified atom stereocenters. The molecule has 0 radical (unpaired) electrons. The van der Waals surface area contributed by atoms with Crippen molar-refractivity contribution in [3.8, 4) is 0 Å². The van der Waals surface area contributed by atoms with Crippen molar-refractivity contribution in [3.63, 3.8) is 0 Å². The largest absolute Gasteiger partial charge is 0.313 e. The topological polar surface area (TPSA) is 12.0 Å². The molecule has 1 aliphatic rings. The second-order valence-electron chi connectivity index (χ2n) is 5.08. The Morgan fingerprint density at radius 2 is 1.67 bits per heavy atom. The fraction of sp³-hybridized carbons (Fsp3) is 0.294. The minimum atomic E-state index is 0.463. The zero-order valence-electron chi connectivity index (χ0n) is 10.8. The highest BCUT2D eigenvalue weighted by atomic mass is 14.9. The van der Waals surface area contributed by atoms with Crippen molar-refractivity contribution >= 4 is 0 Å². The third-order valence-corrected chi connectivity index (χ3v) is 3.91. The van der Waals surface area contributed by atoms with Crippen LogP contribution in [0.3, 0.4) is 0 Å². The molecule has 0 fully saturated rings. The quantitative estimate of drug-likeness (QED) is 0.802. The summed E-state index contributed by atoms with van der Waals surface area (Å²) in [6, 6.07) is 20.2. The summed E-state index contributed by atoms with van der Waals surface area (Å²) < 4.78 is 0. The van der Waals surface area contributed by atoms with E-state index in [9.17, 15) is 0 Å². The van der Waals surface area contributed by atoms with Gasteiger partial charge in [-0.15, -0.1) is 0 Å². The van der Waals surface area contributed by atoms with Crippen LogP contribution in [-0.2, 0) is 6.42 Å². The smallest absolute Gasteiger partial charge is 0.0243 e. The van der Waals surface area contributed by atoms with E-state index in [4.69, 9.17) is 0 Å². The Labute approximate surface area is 109 Å². The fourth-order valence-electron chi connectivity index (χ4n) is 3.02. The first kappa shape index (κ1) is 11.5. The van der Waals surface area contributed by atoms with Crippen LogP contribution in [-0.4, -0.2) is 12.6 Å². The molecule has 0 saturated carbocycles. The number of hydrogen-bond acceptors (Lipinski definition) is 1. The molecule has 2 aromatic rings. The molecule has 1 aliphatic heterocycles. The van der Waals surface area contributed by atoms with E-state index in [1.165, 1.54) is 16.7 Å². The number of fused-ring (bicyclic) bond motifs is 1.